The lowest BCUT2D eigenvalue weighted by molar-refractivity contribution is -0.147. The minimum Gasteiger partial charge on any atom is -0.481 e. The Morgan fingerprint density at radius 2 is 2.12 bits per heavy atom. The van der Waals surface area contributed by atoms with Crippen molar-refractivity contribution < 1.29 is 23.1 Å². The first-order valence-electron chi connectivity index (χ1n) is 5.25. The van der Waals surface area contributed by atoms with Crippen molar-refractivity contribution in [3.63, 3.8) is 0 Å². The van der Waals surface area contributed by atoms with E-state index in [1.807, 2.05) is 0 Å². The highest BCUT2D eigenvalue weighted by atomic mass is 19.4. The Labute approximate surface area is 92.2 Å². The van der Waals surface area contributed by atoms with Crippen molar-refractivity contribution in [3.8, 4) is 0 Å². The van der Waals surface area contributed by atoms with E-state index in [4.69, 9.17) is 5.11 Å². The molecule has 1 fully saturated rings. The summed E-state index contributed by atoms with van der Waals surface area (Å²) in [4.78, 5) is 12.7. The maximum Gasteiger partial charge on any atom is 0.389 e. The molecule has 0 aliphatic carbocycles. The standard InChI is InChI=1S/C10H16F3NO2/c1-9(8(15)16)4-6-14(7-9)5-2-3-10(11,12)13/h2-7H2,1H3,(H,15,16). The first kappa shape index (κ1) is 13.3. The van der Waals surface area contributed by atoms with Crippen molar-refractivity contribution in [2.75, 3.05) is 19.6 Å². The predicted molar refractivity (Wildman–Crippen MR) is 52.1 cm³/mol. The fourth-order valence-corrected chi connectivity index (χ4v) is 1.93. The van der Waals surface area contributed by atoms with E-state index in [2.05, 4.69) is 0 Å². The molecule has 0 spiro atoms. The fourth-order valence-electron chi connectivity index (χ4n) is 1.93. The molecule has 16 heavy (non-hydrogen) atoms. The lowest BCUT2D eigenvalue weighted by Gasteiger charge is -2.20. The average molecular weight is 239 g/mol. The van der Waals surface area contributed by atoms with Gasteiger partial charge in [0.2, 0.25) is 0 Å². The van der Waals surface area contributed by atoms with Crippen molar-refractivity contribution in [3.05, 3.63) is 0 Å². The lowest BCUT2D eigenvalue weighted by Crippen LogP contribution is -2.32. The van der Waals surface area contributed by atoms with Gasteiger partial charge in [-0.15, -0.1) is 0 Å². The molecule has 0 radical (unpaired) electrons. The summed E-state index contributed by atoms with van der Waals surface area (Å²) >= 11 is 0. The molecule has 1 N–H and O–H groups in total. The molecule has 1 aliphatic rings. The van der Waals surface area contributed by atoms with Crippen LogP contribution in [0.15, 0.2) is 0 Å². The highest BCUT2D eigenvalue weighted by Crippen LogP contribution is 2.30. The summed E-state index contributed by atoms with van der Waals surface area (Å²) in [6.45, 7) is 2.88. The molecule has 0 aromatic carbocycles. The van der Waals surface area contributed by atoms with Crippen LogP contribution in [0, 0.1) is 5.41 Å². The van der Waals surface area contributed by atoms with Crippen molar-refractivity contribution in [2.24, 2.45) is 5.41 Å². The van der Waals surface area contributed by atoms with Crippen LogP contribution in [-0.4, -0.2) is 41.8 Å². The van der Waals surface area contributed by atoms with E-state index in [0.717, 1.165) is 0 Å². The minimum absolute atomic E-state index is 0.0409. The third-order valence-electron chi connectivity index (χ3n) is 3.00. The quantitative estimate of drug-likeness (QED) is 0.817. The Morgan fingerprint density at radius 3 is 2.56 bits per heavy atom. The molecule has 1 saturated heterocycles. The van der Waals surface area contributed by atoms with Gasteiger partial charge in [0.1, 0.15) is 0 Å². The Morgan fingerprint density at radius 1 is 1.50 bits per heavy atom. The summed E-state index contributed by atoms with van der Waals surface area (Å²) < 4.78 is 35.7. The van der Waals surface area contributed by atoms with Gasteiger partial charge in [-0.2, -0.15) is 13.2 Å². The van der Waals surface area contributed by atoms with Gasteiger partial charge in [-0.25, -0.2) is 0 Å². The van der Waals surface area contributed by atoms with Crippen LogP contribution in [0.1, 0.15) is 26.2 Å². The Balaban J connectivity index is 2.30. The van der Waals surface area contributed by atoms with Gasteiger partial charge in [0.05, 0.1) is 5.41 Å². The van der Waals surface area contributed by atoms with Crippen molar-refractivity contribution >= 4 is 5.97 Å². The molecule has 1 aliphatic heterocycles. The van der Waals surface area contributed by atoms with Crippen LogP contribution in [0.3, 0.4) is 0 Å². The molecule has 0 aromatic heterocycles. The number of hydrogen-bond acceptors (Lipinski definition) is 2. The first-order valence-corrected chi connectivity index (χ1v) is 5.25. The zero-order chi connectivity index (χ0) is 12.4. The smallest absolute Gasteiger partial charge is 0.389 e. The number of nitrogens with zero attached hydrogens (tertiary/aromatic N) is 1. The van der Waals surface area contributed by atoms with E-state index in [1.54, 1.807) is 11.8 Å². The first-order chi connectivity index (χ1) is 7.23. The highest BCUT2D eigenvalue weighted by molar-refractivity contribution is 5.74. The Hall–Kier alpha value is -0.780. The molecule has 1 rings (SSSR count). The van der Waals surface area contributed by atoms with Gasteiger partial charge in [0, 0.05) is 13.0 Å². The van der Waals surface area contributed by atoms with Gasteiger partial charge in [-0.3, -0.25) is 4.79 Å². The summed E-state index contributed by atoms with van der Waals surface area (Å²) in [5, 5.41) is 8.94. The number of aliphatic carboxylic acids is 1. The Bertz CT molecular complexity index is 267. The van der Waals surface area contributed by atoms with E-state index >= 15 is 0 Å². The van der Waals surface area contributed by atoms with E-state index in [0.29, 0.717) is 26.1 Å². The second kappa shape index (κ2) is 4.61. The number of halogens is 3. The molecule has 0 amide bonds. The molecule has 3 nitrogen and oxygen atoms in total. The second-order valence-electron chi connectivity index (χ2n) is 4.61. The molecule has 94 valence electrons. The minimum atomic E-state index is -4.12. The zero-order valence-electron chi connectivity index (χ0n) is 9.18. The summed E-state index contributed by atoms with van der Waals surface area (Å²) in [5.41, 5.74) is -0.793. The summed E-state index contributed by atoms with van der Waals surface area (Å²) in [7, 11) is 0. The highest BCUT2D eigenvalue weighted by Gasteiger charge is 2.40. The van der Waals surface area contributed by atoms with E-state index < -0.39 is 24.0 Å². The molecule has 6 heteroatoms. The second-order valence-corrected chi connectivity index (χ2v) is 4.61. The molecular formula is C10H16F3NO2. The predicted octanol–water partition coefficient (Wildman–Crippen LogP) is 2.13. The number of carboxylic acids is 1. The van der Waals surface area contributed by atoms with Gasteiger partial charge in [0.15, 0.2) is 0 Å². The van der Waals surface area contributed by atoms with Crippen molar-refractivity contribution in [2.45, 2.75) is 32.4 Å². The van der Waals surface area contributed by atoms with Crippen LogP contribution < -0.4 is 0 Å². The third-order valence-corrected chi connectivity index (χ3v) is 3.00. The van der Waals surface area contributed by atoms with Crippen molar-refractivity contribution in [1.82, 2.24) is 4.90 Å². The van der Waals surface area contributed by atoms with Gasteiger partial charge < -0.3 is 10.0 Å². The van der Waals surface area contributed by atoms with Crippen LogP contribution in [0.25, 0.3) is 0 Å². The van der Waals surface area contributed by atoms with Crippen LogP contribution >= 0.6 is 0 Å². The lowest BCUT2D eigenvalue weighted by atomic mass is 9.90. The normalized spacial score (nSPS) is 27.2. The van der Waals surface area contributed by atoms with E-state index in [-0.39, 0.29) is 6.42 Å². The Kier molecular flexibility index (Phi) is 3.83. The summed E-state index contributed by atoms with van der Waals surface area (Å²) in [5.74, 6) is -0.870. The van der Waals surface area contributed by atoms with E-state index in [9.17, 15) is 18.0 Å². The SMILES string of the molecule is CC1(C(=O)O)CCN(CCCC(F)(F)F)C1. The largest absolute Gasteiger partial charge is 0.481 e. The molecular weight excluding hydrogens is 223 g/mol. The van der Waals surface area contributed by atoms with Crippen LogP contribution in [0.4, 0.5) is 13.2 Å². The van der Waals surface area contributed by atoms with Gasteiger partial charge in [-0.1, -0.05) is 0 Å². The molecule has 1 heterocycles. The summed E-state index contributed by atoms with van der Waals surface area (Å²) in [6.07, 6.45) is -4.36. The maximum atomic E-state index is 11.9. The number of likely N-dealkylation sites (tertiary alicyclic amines) is 1. The molecule has 0 aromatic rings. The van der Waals surface area contributed by atoms with Gasteiger partial charge in [0.25, 0.3) is 0 Å². The third kappa shape index (κ3) is 3.66. The monoisotopic (exact) mass is 239 g/mol. The average Bonchev–Trinajstić information content (AvgIpc) is 2.47. The van der Waals surface area contributed by atoms with Crippen LogP contribution in [-0.2, 0) is 4.79 Å². The topological polar surface area (TPSA) is 40.5 Å². The molecule has 0 bridgehead atoms. The number of carbonyl (C=O) groups is 1. The van der Waals surface area contributed by atoms with Gasteiger partial charge >= 0.3 is 12.1 Å². The van der Waals surface area contributed by atoms with Gasteiger partial charge in [-0.05, 0) is 32.9 Å². The van der Waals surface area contributed by atoms with E-state index in [1.165, 1.54) is 0 Å². The number of rotatable bonds is 4. The number of alkyl halides is 3. The summed E-state index contributed by atoms with van der Waals surface area (Å²) in [6, 6.07) is 0. The zero-order valence-corrected chi connectivity index (χ0v) is 9.18. The molecule has 0 saturated carbocycles. The fraction of sp³-hybridized carbons (Fsp3) is 0.900. The van der Waals surface area contributed by atoms with Crippen molar-refractivity contribution in [1.29, 1.82) is 0 Å². The maximum absolute atomic E-state index is 11.9. The van der Waals surface area contributed by atoms with Crippen LogP contribution in [0.2, 0.25) is 0 Å². The van der Waals surface area contributed by atoms with Crippen LogP contribution in [0.5, 0.6) is 0 Å². The number of carboxylic acid groups (broad SMARTS) is 1. The molecule has 1 unspecified atom stereocenters. The molecule has 1 atom stereocenters. The number of hydrogen-bond donors (Lipinski definition) is 1.